The molecule has 0 radical (unpaired) electrons. The quantitative estimate of drug-likeness (QED) is 0.900. The van der Waals surface area contributed by atoms with E-state index in [0.717, 1.165) is 43.7 Å². The van der Waals surface area contributed by atoms with Crippen LogP contribution >= 0.6 is 11.3 Å². The van der Waals surface area contributed by atoms with E-state index in [4.69, 9.17) is 9.72 Å². The third-order valence-corrected chi connectivity index (χ3v) is 4.53. The number of hydrogen-bond acceptors (Lipinski definition) is 5. The number of anilines is 1. The van der Waals surface area contributed by atoms with Gasteiger partial charge < -0.3 is 15.0 Å². The lowest BCUT2D eigenvalue weighted by Crippen LogP contribution is -2.43. The number of aromatic nitrogens is 1. The van der Waals surface area contributed by atoms with E-state index >= 15 is 0 Å². The monoisotopic (exact) mass is 283 g/mol. The van der Waals surface area contributed by atoms with Crippen LogP contribution in [-0.4, -0.2) is 37.3 Å². The van der Waals surface area contributed by atoms with Crippen LogP contribution in [0.4, 0.5) is 5.13 Å². The molecule has 0 amide bonds. The van der Waals surface area contributed by atoms with E-state index in [1.165, 1.54) is 4.88 Å². The first-order valence-corrected chi connectivity index (χ1v) is 7.91. The summed E-state index contributed by atoms with van der Waals surface area (Å²) in [4.78, 5) is 8.46. The molecule has 0 bridgehead atoms. The Hall–Kier alpha value is -0.650. The van der Waals surface area contributed by atoms with Gasteiger partial charge >= 0.3 is 0 Å². The van der Waals surface area contributed by atoms with E-state index in [0.29, 0.717) is 12.0 Å². The molecule has 1 aliphatic heterocycles. The number of hydrogen-bond donors (Lipinski definition) is 1. The van der Waals surface area contributed by atoms with Crippen LogP contribution in [0, 0.1) is 12.8 Å². The van der Waals surface area contributed by atoms with Crippen LogP contribution in [-0.2, 0) is 11.3 Å². The predicted molar refractivity (Wildman–Crippen MR) is 81.0 cm³/mol. The SMILES string of the molecule is Cc1nc(N2CCOCC2C)sc1CNCC(C)C. The molecule has 1 fully saturated rings. The van der Waals surface area contributed by atoms with Crippen molar-refractivity contribution in [1.29, 1.82) is 0 Å². The first-order chi connectivity index (χ1) is 9.08. The molecule has 0 spiro atoms. The van der Waals surface area contributed by atoms with Crippen molar-refractivity contribution in [3.63, 3.8) is 0 Å². The highest BCUT2D eigenvalue weighted by atomic mass is 32.1. The van der Waals surface area contributed by atoms with Crippen LogP contribution in [0.2, 0.25) is 0 Å². The van der Waals surface area contributed by atoms with Gasteiger partial charge in [-0.15, -0.1) is 11.3 Å². The van der Waals surface area contributed by atoms with Gasteiger partial charge in [-0.3, -0.25) is 0 Å². The number of ether oxygens (including phenoxy) is 1. The van der Waals surface area contributed by atoms with Crippen molar-refractivity contribution in [2.75, 3.05) is 31.2 Å². The summed E-state index contributed by atoms with van der Waals surface area (Å²) >= 11 is 1.82. The number of aryl methyl sites for hydroxylation is 1. The maximum atomic E-state index is 5.48. The summed E-state index contributed by atoms with van der Waals surface area (Å²) in [7, 11) is 0. The third kappa shape index (κ3) is 3.91. The highest BCUT2D eigenvalue weighted by molar-refractivity contribution is 7.15. The van der Waals surface area contributed by atoms with Crippen LogP contribution < -0.4 is 10.2 Å². The number of rotatable bonds is 5. The lowest BCUT2D eigenvalue weighted by Gasteiger charge is -2.32. The molecule has 1 aromatic rings. The molecular weight excluding hydrogens is 258 g/mol. The fourth-order valence-electron chi connectivity index (χ4n) is 2.19. The van der Waals surface area contributed by atoms with E-state index in [9.17, 15) is 0 Å². The second-order valence-corrected chi connectivity index (χ2v) is 6.71. The molecular formula is C14H25N3OS. The Labute approximate surface area is 120 Å². The molecule has 1 aromatic heterocycles. The van der Waals surface area contributed by atoms with Crippen LogP contribution in [0.5, 0.6) is 0 Å². The molecule has 1 N–H and O–H groups in total. The number of nitrogens with one attached hydrogen (secondary N) is 1. The van der Waals surface area contributed by atoms with E-state index < -0.39 is 0 Å². The van der Waals surface area contributed by atoms with Crippen molar-refractivity contribution >= 4 is 16.5 Å². The molecule has 4 nitrogen and oxygen atoms in total. The molecule has 1 saturated heterocycles. The Bertz CT molecular complexity index is 405. The highest BCUT2D eigenvalue weighted by Gasteiger charge is 2.22. The maximum absolute atomic E-state index is 5.48. The molecule has 2 rings (SSSR count). The zero-order valence-electron chi connectivity index (χ0n) is 12.4. The molecule has 1 aliphatic rings. The van der Waals surface area contributed by atoms with Crippen molar-refractivity contribution in [2.24, 2.45) is 5.92 Å². The number of morpholine rings is 1. The standard InChI is InChI=1S/C14H25N3OS/c1-10(2)7-15-8-13-12(4)16-14(19-13)17-5-6-18-9-11(17)3/h10-11,15H,5-9H2,1-4H3. The van der Waals surface area contributed by atoms with E-state index in [1.54, 1.807) is 0 Å². The normalized spacial score (nSPS) is 20.3. The zero-order valence-corrected chi connectivity index (χ0v) is 13.2. The molecule has 1 unspecified atom stereocenters. The largest absolute Gasteiger partial charge is 0.377 e. The summed E-state index contributed by atoms with van der Waals surface area (Å²) in [5.41, 5.74) is 1.16. The van der Waals surface area contributed by atoms with Gasteiger partial charge in [0.25, 0.3) is 0 Å². The average Bonchev–Trinajstić information content (AvgIpc) is 2.71. The minimum atomic E-state index is 0.427. The van der Waals surface area contributed by atoms with E-state index in [1.807, 2.05) is 11.3 Å². The van der Waals surface area contributed by atoms with Gasteiger partial charge in [0.1, 0.15) is 0 Å². The van der Waals surface area contributed by atoms with Crippen molar-refractivity contribution in [3.8, 4) is 0 Å². The first kappa shape index (κ1) is 14.8. The number of nitrogens with zero attached hydrogens (tertiary/aromatic N) is 2. The maximum Gasteiger partial charge on any atom is 0.186 e. The molecule has 5 heteroatoms. The molecule has 19 heavy (non-hydrogen) atoms. The Morgan fingerprint density at radius 3 is 3.00 bits per heavy atom. The fraction of sp³-hybridized carbons (Fsp3) is 0.786. The minimum absolute atomic E-state index is 0.427. The van der Waals surface area contributed by atoms with Gasteiger partial charge in [-0.1, -0.05) is 13.8 Å². The van der Waals surface area contributed by atoms with Gasteiger partial charge in [0.2, 0.25) is 0 Å². The smallest absolute Gasteiger partial charge is 0.186 e. The average molecular weight is 283 g/mol. The van der Waals surface area contributed by atoms with Crippen LogP contribution in [0.3, 0.4) is 0 Å². The van der Waals surface area contributed by atoms with Crippen molar-refractivity contribution in [2.45, 2.75) is 40.3 Å². The van der Waals surface area contributed by atoms with Gasteiger partial charge in [-0.2, -0.15) is 0 Å². The minimum Gasteiger partial charge on any atom is -0.377 e. The third-order valence-electron chi connectivity index (χ3n) is 3.33. The summed E-state index contributed by atoms with van der Waals surface area (Å²) in [5, 5.41) is 4.64. The molecule has 0 saturated carbocycles. The molecule has 0 aromatic carbocycles. The van der Waals surface area contributed by atoms with Crippen LogP contribution in [0.1, 0.15) is 31.3 Å². The van der Waals surface area contributed by atoms with Gasteiger partial charge in [0.15, 0.2) is 5.13 Å². The Kier molecular flexibility index (Phi) is 5.19. The lowest BCUT2D eigenvalue weighted by atomic mass is 10.2. The second-order valence-electron chi connectivity index (χ2n) is 5.65. The van der Waals surface area contributed by atoms with Crippen LogP contribution in [0.25, 0.3) is 0 Å². The Morgan fingerprint density at radius 1 is 1.53 bits per heavy atom. The van der Waals surface area contributed by atoms with Crippen LogP contribution in [0.15, 0.2) is 0 Å². The Balaban J connectivity index is 1.99. The molecule has 1 atom stereocenters. The Morgan fingerprint density at radius 2 is 2.32 bits per heavy atom. The lowest BCUT2D eigenvalue weighted by molar-refractivity contribution is 0.0989. The zero-order chi connectivity index (χ0) is 13.8. The van der Waals surface area contributed by atoms with Gasteiger partial charge in [-0.25, -0.2) is 4.98 Å². The van der Waals surface area contributed by atoms with E-state index in [-0.39, 0.29) is 0 Å². The van der Waals surface area contributed by atoms with Gasteiger partial charge in [0, 0.05) is 18.0 Å². The van der Waals surface area contributed by atoms with Crippen molar-refractivity contribution in [1.82, 2.24) is 10.3 Å². The fourth-order valence-corrected chi connectivity index (χ4v) is 3.34. The molecule has 2 heterocycles. The summed E-state index contributed by atoms with van der Waals surface area (Å²) in [6.07, 6.45) is 0. The van der Waals surface area contributed by atoms with Gasteiger partial charge in [-0.05, 0) is 26.3 Å². The number of thiazole rings is 1. The molecule has 108 valence electrons. The summed E-state index contributed by atoms with van der Waals surface area (Å²) in [6, 6.07) is 0.427. The molecule has 0 aliphatic carbocycles. The highest BCUT2D eigenvalue weighted by Crippen LogP contribution is 2.28. The van der Waals surface area contributed by atoms with Crippen molar-refractivity contribution in [3.05, 3.63) is 10.6 Å². The predicted octanol–water partition coefficient (Wildman–Crippen LogP) is 2.42. The van der Waals surface area contributed by atoms with Gasteiger partial charge in [0.05, 0.1) is 24.9 Å². The first-order valence-electron chi connectivity index (χ1n) is 7.09. The summed E-state index contributed by atoms with van der Waals surface area (Å²) in [6.45, 7) is 13.3. The van der Waals surface area contributed by atoms with Crippen molar-refractivity contribution < 1.29 is 4.74 Å². The topological polar surface area (TPSA) is 37.4 Å². The van der Waals surface area contributed by atoms with E-state index in [2.05, 4.69) is 37.9 Å². The summed E-state index contributed by atoms with van der Waals surface area (Å²) in [5.74, 6) is 0.687. The second kappa shape index (κ2) is 6.68. The summed E-state index contributed by atoms with van der Waals surface area (Å²) < 4.78 is 5.48.